The number of fused-ring (bicyclic) bond motifs is 2. The molecule has 2 atom stereocenters. The van der Waals surface area contributed by atoms with Gasteiger partial charge in [0.2, 0.25) is 5.91 Å². The quantitative estimate of drug-likeness (QED) is 0.314. The summed E-state index contributed by atoms with van der Waals surface area (Å²) >= 11 is 0. The number of hydrogen-bond donors (Lipinski definition) is 1. The van der Waals surface area contributed by atoms with Gasteiger partial charge in [0.05, 0.1) is 17.9 Å². The highest BCUT2D eigenvalue weighted by atomic mass is 19.4. The molecule has 3 aromatic rings. The van der Waals surface area contributed by atoms with E-state index < -0.39 is 29.6 Å². The highest BCUT2D eigenvalue weighted by Gasteiger charge is 2.38. The van der Waals surface area contributed by atoms with E-state index in [1.54, 1.807) is 30.3 Å². The minimum Gasteiger partial charge on any atom is -0.404 e. The van der Waals surface area contributed by atoms with Crippen LogP contribution >= 0.6 is 0 Å². The third kappa shape index (κ3) is 6.48. The Morgan fingerprint density at radius 3 is 2.42 bits per heavy atom. The van der Waals surface area contributed by atoms with Gasteiger partial charge in [-0.1, -0.05) is 18.2 Å². The lowest BCUT2D eigenvalue weighted by molar-refractivity contribution is -0.274. The molecule has 2 aliphatic rings. The van der Waals surface area contributed by atoms with E-state index in [4.69, 9.17) is 0 Å². The van der Waals surface area contributed by atoms with E-state index >= 15 is 0 Å². The average molecular weight is 557 g/mol. The van der Waals surface area contributed by atoms with Crippen LogP contribution in [0.1, 0.15) is 28.8 Å². The molecule has 1 aromatic heterocycles. The number of alkyl halides is 3. The van der Waals surface area contributed by atoms with Crippen LogP contribution in [0.4, 0.5) is 23.2 Å². The van der Waals surface area contributed by atoms with Crippen LogP contribution in [0.25, 0.3) is 11.3 Å². The number of likely N-dealkylation sites (tertiary alicyclic amines) is 1. The fourth-order valence-corrected chi connectivity index (χ4v) is 5.38. The molecule has 0 saturated carbocycles. The number of rotatable bonds is 8. The summed E-state index contributed by atoms with van der Waals surface area (Å²) in [5.41, 5.74) is 1.13. The second-order valence-electron chi connectivity index (χ2n) is 10.2. The normalized spacial score (nSPS) is 19.4. The number of hydrogen-bond acceptors (Lipinski definition) is 6. The number of ketones is 1. The monoisotopic (exact) mass is 556 g/mol. The molecular weight excluding hydrogens is 528 g/mol. The van der Waals surface area contributed by atoms with Crippen LogP contribution in [-0.4, -0.2) is 71.6 Å². The highest BCUT2D eigenvalue weighted by Crippen LogP contribution is 2.32. The summed E-state index contributed by atoms with van der Waals surface area (Å²) in [7, 11) is 2.07. The number of anilines is 1. The Morgan fingerprint density at radius 2 is 1.77 bits per heavy atom. The van der Waals surface area contributed by atoms with Gasteiger partial charge in [0, 0.05) is 48.9 Å². The van der Waals surface area contributed by atoms with Crippen molar-refractivity contribution in [2.75, 3.05) is 32.0 Å². The molecule has 2 aliphatic heterocycles. The van der Waals surface area contributed by atoms with E-state index in [1.165, 1.54) is 24.4 Å². The van der Waals surface area contributed by atoms with Gasteiger partial charge in [0.1, 0.15) is 5.82 Å². The summed E-state index contributed by atoms with van der Waals surface area (Å²) in [5.74, 6) is -1.92. The van der Waals surface area contributed by atoms with Crippen molar-refractivity contribution >= 4 is 17.4 Å². The molecule has 3 heterocycles. The van der Waals surface area contributed by atoms with E-state index in [9.17, 15) is 27.2 Å². The van der Waals surface area contributed by atoms with Gasteiger partial charge in [-0.15, -0.1) is 13.2 Å². The Hall–Kier alpha value is -3.83. The summed E-state index contributed by atoms with van der Waals surface area (Å²) in [4.78, 5) is 34.4. The molecule has 11 heteroatoms. The number of piperazine rings is 1. The molecule has 0 radical (unpaired) electrons. The number of nitrogens with zero attached hydrogens (tertiary/aromatic N) is 3. The Morgan fingerprint density at radius 1 is 1.05 bits per heavy atom. The SMILES string of the molecule is CN1C2CCC1CN(CC(=O)Nc1cc(C(=O)Cc3ccc(-c4ccccc4F)nc3)ccc1OC(F)(F)F)C2. The lowest BCUT2D eigenvalue weighted by Gasteiger charge is -2.38. The van der Waals surface area contributed by atoms with E-state index in [1.807, 2.05) is 4.90 Å². The summed E-state index contributed by atoms with van der Waals surface area (Å²) in [6.45, 7) is 1.42. The minimum atomic E-state index is -4.98. The molecule has 2 unspecified atom stereocenters. The number of amides is 1. The first-order chi connectivity index (χ1) is 19.1. The topological polar surface area (TPSA) is 74.8 Å². The van der Waals surface area contributed by atoms with Crippen LogP contribution in [0.3, 0.4) is 0 Å². The van der Waals surface area contributed by atoms with Gasteiger partial charge < -0.3 is 10.1 Å². The number of carbonyl (C=O) groups excluding carboxylic acids is 2. The lowest BCUT2D eigenvalue weighted by atomic mass is 10.0. The number of likely N-dealkylation sites (N-methyl/N-ethyl adjacent to an activating group) is 1. The maximum Gasteiger partial charge on any atom is 0.573 e. The number of aromatic nitrogens is 1. The number of Topliss-reactive ketones (excluding diaryl/α,β-unsaturated/α-hetero) is 1. The molecule has 2 fully saturated rings. The maximum atomic E-state index is 14.0. The third-order valence-electron chi connectivity index (χ3n) is 7.43. The van der Waals surface area contributed by atoms with Gasteiger partial charge >= 0.3 is 6.36 Å². The van der Waals surface area contributed by atoms with Crippen LogP contribution in [0.2, 0.25) is 0 Å². The van der Waals surface area contributed by atoms with Crippen molar-refractivity contribution in [1.29, 1.82) is 0 Å². The molecule has 210 valence electrons. The van der Waals surface area contributed by atoms with Crippen molar-refractivity contribution in [3.8, 4) is 17.0 Å². The number of halogens is 4. The predicted molar refractivity (Wildman–Crippen MR) is 140 cm³/mol. The molecule has 40 heavy (non-hydrogen) atoms. The molecule has 1 amide bonds. The van der Waals surface area contributed by atoms with Crippen molar-refractivity contribution in [2.45, 2.75) is 37.7 Å². The van der Waals surface area contributed by atoms with Crippen LogP contribution in [0, 0.1) is 5.82 Å². The lowest BCUT2D eigenvalue weighted by Crippen LogP contribution is -2.53. The Kier molecular flexibility index (Phi) is 7.86. The highest BCUT2D eigenvalue weighted by molar-refractivity contribution is 6.00. The zero-order valence-corrected chi connectivity index (χ0v) is 21.7. The molecule has 0 aliphatic carbocycles. The van der Waals surface area contributed by atoms with Gasteiger partial charge in [0.25, 0.3) is 0 Å². The number of ether oxygens (including phenoxy) is 1. The first-order valence-electron chi connectivity index (χ1n) is 12.9. The van der Waals surface area contributed by atoms with Crippen LogP contribution in [0.15, 0.2) is 60.8 Å². The molecule has 2 aromatic carbocycles. The Labute approximate surface area is 228 Å². The summed E-state index contributed by atoms with van der Waals surface area (Å²) in [6, 6.07) is 13.6. The zero-order chi connectivity index (χ0) is 28.4. The van der Waals surface area contributed by atoms with E-state index in [0.29, 0.717) is 42.0 Å². The predicted octanol–water partition coefficient (Wildman–Crippen LogP) is 4.93. The van der Waals surface area contributed by atoms with E-state index in [-0.39, 0.29) is 24.2 Å². The fraction of sp³-hybridized carbons (Fsp3) is 0.345. The van der Waals surface area contributed by atoms with Crippen molar-refractivity contribution in [2.24, 2.45) is 0 Å². The number of pyridine rings is 1. The molecule has 2 saturated heterocycles. The third-order valence-corrected chi connectivity index (χ3v) is 7.43. The molecule has 2 bridgehead atoms. The number of nitrogens with one attached hydrogen (secondary N) is 1. The zero-order valence-electron chi connectivity index (χ0n) is 21.7. The minimum absolute atomic E-state index is 0.0184. The molecule has 0 spiro atoms. The van der Waals surface area contributed by atoms with Gasteiger partial charge in [-0.2, -0.15) is 0 Å². The van der Waals surface area contributed by atoms with Crippen LogP contribution in [0.5, 0.6) is 5.75 Å². The standard InChI is InChI=1S/C29H28F4N4O3/c1-36-20-8-9-21(36)16-37(15-20)17-28(39)35-25-13-19(7-11-27(25)40-29(31,32)33)26(38)12-18-6-10-24(34-14-18)22-4-2-3-5-23(22)30/h2-7,10-11,13-14,20-21H,8-9,12,15-17H2,1H3,(H,35,39). The van der Waals surface area contributed by atoms with Crippen molar-refractivity contribution in [1.82, 2.24) is 14.8 Å². The van der Waals surface area contributed by atoms with Crippen LogP contribution < -0.4 is 10.1 Å². The Bertz CT molecular complexity index is 1380. The van der Waals surface area contributed by atoms with Gasteiger partial charge in [-0.05, 0) is 61.9 Å². The smallest absolute Gasteiger partial charge is 0.404 e. The van der Waals surface area contributed by atoms with Gasteiger partial charge in [-0.3, -0.25) is 24.4 Å². The second kappa shape index (κ2) is 11.3. The van der Waals surface area contributed by atoms with Gasteiger partial charge in [0.15, 0.2) is 11.5 Å². The number of benzene rings is 2. The summed E-state index contributed by atoms with van der Waals surface area (Å²) in [5, 5.41) is 2.51. The van der Waals surface area contributed by atoms with Gasteiger partial charge in [-0.25, -0.2) is 4.39 Å². The van der Waals surface area contributed by atoms with E-state index in [0.717, 1.165) is 18.9 Å². The first-order valence-corrected chi connectivity index (χ1v) is 12.9. The van der Waals surface area contributed by atoms with Crippen LogP contribution in [-0.2, 0) is 11.2 Å². The Balaban J connectivity index is 1.29. The second-order valence-corrected chi connectivity index (χ2v) is 10.2. The molecule has 7 nitrogen and oxygen atoms in total. The average Bonchev–Trinajstić information content (AvgIpc) is 3.09. The number of carbonyl (C=O) groups is 2. The van der Waals surface area contributed by atoms with Crippen molar-refractivity contribution in [3.05, 3.63) is 77.7 Å². The fourth-order valence-electron chi connectivity index (χ4n) is 5.38. The molecule has 5 rings (SSSR count). The largest absolute Gasteiger partial charge is 0.573 e. The van der Waals surface area contributed by atoms with Crippen molar-refractivity contribution < 1.29 is 31.9 Å². The summed E-state index contributed by atoms with van der Waals surface area (Å²) < 4.78 is 57.3. The van der Waals surface area contributed by atoms with Crippen molar-refractivity contribution in [3.63, 3.8) is 0 Å². The summed E-state index contributed by atoms with van der Waals surface area (Å²) in [6.07, 6.45) is -1.52. The molecule has 1 N–H and O–H groups in total. The maximum absolute atomic E-state index is 14.0. The molecular formula is C29H28F4N4O3. The first kappa shape index (κ1) is 27.7. The van der Waals surface area contributed by atoms with E-state index in [2.05, 4.69) is 27.0 Å².